The smallest absolute Gasteiger partial charge is 0.228 e. The predicted molar refractivity (Wildman–Crippen MR) is 71.3 cm³/mol. The van der Waals surface area contributed by atoms with E-state index in [1.165, 1.54) is 0 Å². The quantitative estimate of drug-likeness (QED) is 0.787. The first-order valence-electron chi connectivity index (χ1n) is 6.99. The summed E-state index contributed by atoms with van der Waals surface area (Å²) in [7, 11) is 0. The minimum Gasteiger partial charge on any atom is -0.395 e. The highest BCUT2D eigenvalue weighted by atomic mass is 16.5. The normalized spacial score (nSPS) is 17.8. The maximum absolute atomic E-state index is 12.4. The summed E-state index contributed by atoms with van der Waals surface area (Å²) in [6, 6.07) is 0. The fourth-order valence-electron chi connectivity index (χ4n) is 2.71. The van der Waals surface area contributed by atoms with Crippen LogP contribution in [0.3, 0.4) is 0 Å². The Morgan fingerprint density at radius 2 is 2.00 bits per heavy atom. The van der Waals surface area contributed by atoms with E-state index in [1.807, 2.05) is 20.8 Å². The number of ether oxygens (including phenoxy) is 1. The van der Waals surface area contributed by atoms with Crippen molar-refractivity contribution in [3.05, 3.63) is 0 Å². The van der Waals surface area contributed by atoms with E-state index < -0.39 is 0 Å². The van der Waals surface area contributed by atoms with Crippen molar-refractivity contribution in [1.82, 2.24) is 4.90 Å². The molecule has 1 rings (SSSR count). The molecule has 0 aromatic rings. The summed E-state index contributed by atoms with van der Waals surface area (Å²) < 4.78 is 5.35. The van der Waals surface area contributed by atoms with Crippen molar-refractivity contribution < 1.29 is 14.6 Å². The van der Waals surface area contributed by atoms with Crippen LogP contribution in [0.1, 0.15) is 40.0 Å². The lowest BCUT2D eigenvalue weighted by Crippen LogP contribution is -2.43. The van der Waals surface area contributed by atoms with Crippen molar-refractivity contribution in [2.24, 2.45) is 11.3 Å². The van der Waals surface area contributed by atoms with Crippen LogP contribution in [-0.4, -0.2) is 48.8 Å². The summed E-state index contributed by atoms with van der Waals surface area (Å²) in [5.41, 5.74) is -0.340. The van der Waals surface area contributed by atoms with Gasteiger partial charge >= 0.3 is 0 Å². The van der Waals surface area contributed by atoms with E-state index in [4.69, 9.17) is 9.84 Å². The molecule has 1 heterocycles. The van der Waals surface area contributed by atoms with Gasteiger partial charge in [0, 0.05) is 31.7 Å². The Labute approximate surface area is 110 Å². The zero-order valence-corrected chi connectivity index (χ0v) is 11.9. The van der Waals surface area contributed by atoms with Gasteiger partial charge in [-0.05, 0) is 32.1 Å². The summed E-state index contributed by atoms with van der Waals surface area (Å²) in [6.45, 7) is 8.77. The molecule has 1 aliphatic rings. The number of aliphatic hydroxyl groups is 1. The Hall–Kier alpha value is -0.610. The number of aliphatic hydroxyl groups excluding tert-OH is 1. The maximum Gasteiger partial charge on any atom is 0.228 e. The van der Waals surface area contributed by atoms with Gasteiger partial charge in [-0.2, -0.15) is 0 Å². The third-order valence-corrected chi connectivity index (χ3v) is 3.76. The van der Waals surface area contributed by atoms with Crippen LogP contribution < -0.4 is 0 Å². The van der Waals surface area contributed by atoms with Crippen molar-refractivity contribution in [2.75, 3.05) is 32.9 Å². The Morgan fingerprint density at radius 1 is 1.39 bits per heavy atom. The number of carbonyl (C=O) groups excluding carboxylic acids is 1. The van der Waals surface area contributed by atoms with Crippen LogP contribution >= 0.6 is 0 Å². The third-order valence-electron chi connectivity index (χ3n) is 3.76. The molecule has 4 heteroatoms. The lowest BCUT2D eigenvalue weighted by molar-refractivity contribution is -0.142. The zero-order chi connectivity index (χ0) is 13.6. The highest BCUT2D eigenvalue weighted by Gasteiger charge is 2.34. The Kier molecular flexibility index (Phi) is 6.09. The summed E-state index contributed by atoms with van der Waals surface area (Å²) in [5, 5.41) is 8.99. The number of nitrogens with zero attached hydrogens (tertiary/aromatic N) is 1. The van der Waals surface area contributed by atoms with Crippen molar-refractivity contribution in [3.63, 3.8) is 0 Å². The highest BCUT2D eigenvalue weighted by molar-refractivity contribution is 5.81. The molecule has 0 unspecified atom stereocenters. The predicted octanol–water partition coefficient (Wildman–Crippen LogP) is 1.67. The van der Waals surface area contributed by atoms with Gasteiger partial charge in [-0.3, -0.25) is 4.79 Å². The highest BCUT2D eigenvalue weighted by Crippen LogP contribution is 2.32. The van der Waals surface area contributed by atoms with E-state index >= 15 is 0 Å². The van der Waals surface area contributed by atoms with Gasteiger partial charge in [0.1, 0.15) is 0 Å². The minimum atomic E-state index is -0.340. The molecule has 0 saturated carbocycles. The number of likely N-dealkylation sites (N-methyl/N-ethyl adjacent to an activating group) is 1. The van der Waals surface area contributed by atoms with Crippen LogP contribution in [0.25, 0.3) is 0 Å². The second kappa shape index (κ2) is 7.10. The number of hydrogen-bond donors (Lipinski definition) is 1. The molecule has 106 valence electrons. The molecule has 1 fully saturated rings. The van der Waals surface area contributed by atoms with E-state index in [1.54, 1.807) is 4.90 Å². The maximum atomic E-state index is 12.4. The fraction of sp³-hybridized carbons (Fsp3) is 0.929. The van der Waals surface area contributed by atoms with E-state index in [0.717, 1.165) is 32.5 Å². The van der Waals surface area contributed by atoms with Gasteiger partial charge < -0.3 is 14.7 Å². The summed E-state index contributed by atoms with van der Waals surface area (Å²) >= 11 is 0. The first-order chi connectivity index (χ1) is 8.51. The summed E-state index contributed by atoms with van der Waals surface area (Å²) in [6.07, 6.45) is 3.03. The van der Waals surface area contributed by atoms with E-state index in [9.17, 15) is 4.79 Å². The average molecular weight is 257 g/mol. The number of carbonyl (C=O) groups is 1. The second-order valence-corrected chi connectivity index (χ2v) is 5.75. The molecule has 0 aromatic carbocycles. The van der Waals surface area contributed by atoms with Crippen molar-refractivity contribution >= 4 is 5.91 Å². The Morgan fingerprint density at radius 3 is 2.50 bits per heavy atom. The van der Waals surface area contributed by atoms with Gasteiger partial charge in [0.2, 0.25) is 5.91 Å². The van der Waals surface area contributed by atoms with Crippen LogP contribution in [0.15, 0.2) is 0 Å². The van der Waals surface area contributed by atoms with Gasteiger partial charge in [0.05, 0.1) is 6.61 Å². The molecule has 0 aliphatic carbocycles. The average Bonchev–Trinajstić information content (AvgIpc) is 2.36. The van der Waals surface area contributed by atoms with Crippen LogP contribution in [0, 0.1) is 11.3 Å². The largest absolute Gasteiger partial charge is 0.395 e. The Bertz CT molecular complexity index is 260. The number of rotatable bonds is 6. The van der Waals surface area contributed by atoms with Gasteiger partial charge in [0.25, 0.3) is 0 Å². The molecule has 0 bridgehead atoms. The zero-order valence-electron chi connectivity index (χ0n) is 11.9. The first kappa shape index (κ1) is 15.4. The van der Waals surface area contributed by atoms with Crippen LogP contribution in [-0.2, 0) is 9.53 Å². The van der Waals surface area contributed by atoms with Gasteiger partial charge in [-0.15, -0.1) is 0 Å². The molecule has 1 N–H and O–H groups in total. The van der Waals surface area contributed by atoms with Gasteiger partial charge in [-0.25, -0.2) is 0 Å². The fourth-order valence-corrected chi connectivity index (χ4v) is 2.71. The molecule has 4 nitrogen and oxygen atoms in total. The molecule has 18 heavy (non-hydrogen) atoms. The van der Waals surface area contributed by atoms with Crippen LogP contribution in [0.2, 0.25) is 0 Å². The first-order valence-corrected chi connectivity index (χ1v) is 6.99. The monoisotopic (exact) mass is 257 g/mol. The topological polar surface area (TPSA) is 49.8 Å². The third kappa shape index (κ3) is 4.25. The van der Waals surface area contributed by atoms with E-state index in [2.05, 4.69) is 0 Å². The molecule has 1 amide bonds. The van der Waals surface area contributed by atoms with Crippen molar-refractivity contribution in [3.8, 4) is 0 Å². The van der Waals surface area contributed by atoms with E-state index in [-0.39, 0.29) is 17.9 Å². The molecular formula is C14H27NO3. The van der Waals surface area contributed by atoms with Crippen molar-refractivity contribution in [1.29, 1.82) is 0 Å². The number of amides is 1. The second-order valence-electron chi connectivity index (χ2n) is 5.75. The van der Waals surface area contributed by atoms with Crippen LogP contribution in [0.4, 0.5) is 0 Å². The van der Waals surface area contributed by atoms with Crippen LogP contribution in [0.5, 0.6) is 0 Å². The lowest BCUT2D eigenvalue weighted by atomic mass is 9.78. The lowest BCUT2D eigenvalue weighted by Gasteiger charge is -2.34. The molecule has 0 radical (unpaired) electrons. The molecule has 0 aromatic heterocycles. The SMILES string of the molecule is CCN(CCO)C(=O)C(C)(C)CC1CCOCC1. The molecule has 0 atom stereocenters. The molecule has 1 saturated heterocycles. The molecule has 0 spiro atoms. The number of hydrogen-bond acceptors (Lipinski definition) is 3. The van der Waals surface area contributed by atoms with E-state index in [0.29, 0.717) is 19.0 Å². The van der Waals surface area contributed by atoms with Gasteiger partial charge in [-0.1, -0.05) is 13.8 Å². The summed E-state index contributed by atoms with van der Waals surface area (Å²) in [5.74, 6) is 0.746. The Balaban J connectivity index is 2.56. The molecule has 1 aliphatic heterocycles. The van der Waals surface area contributed by atoms with Crippen molar-refractivity contribution in [2.45, 2.75) is 40.0 Å². The minimum absolute atomic E-state index is 0.0347. The van der Waals surface area contributed by atoms with Gasteiger partial charge in [0.15, 0.2) is 0 Å². The molecular weight excluding hydrogens is 230 g/mol. The summed E-state index contributed by atoms with van der Waals surface area (Å²) in [4.78, 5) is 14.2. The standard InChI is InChI=1S/C14H27NO3/c1-4-15(7-8-16)13(17)14(2,3)11-12-5-9-18-10-6-12/h12,16H,4-11H2,1-3H3.